The van der Waals surface area contributed by atoms with Crippen LogP contribution in [0.15, 0.2) is 16.5 Å². The molecule has 7 heteroatoms. The zero-order valence-corrected chi connectivity index (χ0v) is 15.9. The number of carbonyl (C=O) groups excluding carboxylic acids is 1. The van der Waals surface area contributed by atoms with Crippen molar-refractivity contribution in [3.05, 3.63) is 40.6 Å². The summed E-state index contributed by atoms with van der Waals surface area (Å²) < 4.78 is 7.59. The third kappa shape index (κ3) is 3.29. The highest BCUT2D eigenvalue weighted by atomic mass is 16.3. The molecule has 1 saturated heterocycles. The first-order chi connectivity index (χ1) is 12.5. The lowest BCUT2D eigenvalue weighted by molar-refractivity contribution is 0.0656. The van der Waals surface area contributed by atoms with Gasteiger partial charge in [0.1, 0.15) is 11.5 Å². The van der Waals surface area contributed by atoms with Gasteiger partial charge in [-0.3, -0.25) is 14.4 Å². The molecule has 4 rings (SSSR count). The summed E-state index contributed by atoms with van der Waals surface area (Å²) in [6.07, 6.45) is 0.859. The predicted molar refractivity (Wildman–Crippen MR) is 97.9 cm³/mol. The predicted octanol–water partition coefficient (Wildman–Crippen LogP) is 1.27. The number of hydrogen-bond donors (Lipinski definition) is 0. The third-order valence-corrected chi connectivity index (χ3v) is 5.49. The van der Waals surface area contributed by atoms with Crippen LogP contribution in [-0.2, 0) is 26.6 Å². The average molecular weight is 357 g/mol. The van der Waals surface area contributed by atoms with Crippen LogP contribution in [0.1, 0.15) is 33.3 Å². The fourth-order valence-electron chi connectivity index (χ4n) is 3.88. The number of nitrogens with zero attached hydrogens (tertiary/aromatic N) is 5. The molecule has 2 aliphatic rings. The van der Waals surface area contributed by atoms with Crippen LogP contribution >= 0.6 is 0 Å². The maximum Gasteiger partial charge on any atom is 0.274 e. The minimum absolute atomic E-state index is 0.0880. The Balaban J connectivity index is 1.49. The standard InChI is InChI=1S/C19H27N5O2/c1-14-4-5-15(26-14)12-23-7-6-16-17(13-23)22(3)20-18(16)19(25)24-10-8-21(2)9-11-24/h4-5H,6-13H2,1-3H3. The number of furan rings is 1. The maximum atomic E-state index is 13.0. The molecule has 1 amide bonds. The summed E-state index contributed by atoms with van der Waals surface area (Å²) in [6.45, 7) is 7.90. The summed E-state index contributed by atoms with van der Waals surface area (Å²) in [6, 6.07) is 4.04. The van der Waals surface area contributed by atoms with Crippen LogP contribution in [0.25, 0.3) is 0 Å². The minimum Gasteiger partial charge on any atom is -0.465 e. The van der Waals surface area contributed by atoms with Gasteiger partial charge in [0.15, 0.2) is 5.69 Å². The number of amides is 1. The highest BCUT2D eigenvalue weighted by Gasteiger charge is 2.30. The Morgan fingerprint density at radius 3 is 2.62 bits per heavy atom. The first kappa shape index (κ1) is 17.3. The van der Waals surface area contributed by atoms with Crippen LogP contribution in [0.4, 0.5) is 0 Å². The lowest BCUT2D eigenvalue weighted by atomic mass is 10.0. The molecule has 26 heavy (non-hydrogen) atoms. The number of fused-ring (bicyclic) bond motifs is 1. The van der Waals surface area contributed by atoms with Crippen molar-refractivity contribution < 1.29 is 9.21 Å². The van der Waals surface area contributed by atoms with Crippen molar-refractivity contribution in [2.45, 2.75) is 26.4 Å². The molecular formula is C19H27N5O2. The van der Waals surface area contributed by atoms with Gasteiger partial charge in [0.25, 0.3) is 5.91 Å². The van der Waals surface area contributed by atoms with E-state index in [1.807, 2.05) is 35.7 Å². The number of hydrogen-bond acceptors (Lipinski definition) is 5. The highest BCUT2D eigenvalue weighted by Crippen LogP contribution is 2.25. The molecule has 2 aromatic rings. The van der Waals surface area contributed by atoms with E-state index in [1.165, 1.54) is 0 Å². The second-order valence-corrected chi connectivity index (χ2v) is 7.47. The molecule has 0 aliphatic carbocycles. The van der Waals surface area contributed by atoms with Crippen LogP contribution in [0.5, 0.6) is 0 Å². The van der Waals surface area contributed by atoms with E-state index in [-0.39, 0.29) is 5.91 Å². The van der Waals surface area contributed by atoms with Crippen molar-refractivity contribution in [3.63, 3.8) is 0 Å². The maximum absolute atomic E-state index is 13.0. The van der Waals surface area contributed by atoms with Crippen molar-refractivity contribution in [2.75, 3.05) is 39.8 Å². The van der Waals surface area contributed by atoms with Crippen LogP contribution in [0.2, 0.25) is 0 Å². The van der Waals surface area contributed by atoms with Crippen molar-refractivity contribution in [2.24, 2.45) is 7.05 Å². The molecule has 0 bridgehead atoms. The summed E-state index contributed by atoms with van der Waals surface area (Å²) in [4.78, 5) is 19.5. The third-order valence-electron chi connectivity index (χ3n) is 5.49. The van der Waals surface area contributed by atoms with E-state index < -0.39 is 0 Å². The normalized spacial score (nSPS) is 19.0. The minimum atomic E-state index is 0.0880. The molecule has 7 nitrogen and oxygen atoms in total. The van der Waals surface area contributed by atoms with E-state index in [0.29, 0.717) is 5.69 Å². The van der Waals surface area contributed by atoms with Gasteiger partial charge in [0.2, 0.25) is 0 Å². The summed E-state index contributed by atoms with van der Waals surface area (Å²) in [5.74, 6) is 2.02. The fraction of sp³-hybridized carbons (Fsp3) is 0.579. The Labute approximate surface area is 154 Å². The largest absolute Gasteiger partial charge is 0.465 e. The van der Waals surface area contributed by atoms with Crippen LogP contribution in [0.3, 0.4) is 0 Å². The van der Waals surface area contributed by atoms with E-state index in [9.17, 15) is 4.79 Å². The molecule has 0 atom stereocenters. The summed E-state index contributed by atoms with van der Waals surface area (Å²) in [5, 5.41) is 4.59. The molecule has 0 spiro atoms. The van der Waals surface area contributed by atoms with Gasteiger partial charge < -0.3 is 14.2 Å². The van der Waals surface area contributed by atoms with Gasteiger partial charge in [-0.25, -0.2) is 0 Å². The number of carbonyl (C=O) groups is 1. The second-order valence-electron chi connectivity index (χ2n) is 7.47. The smallest absolute Gasteiger partial charge is 0.274 e. The Hall–Kier alpha value is -2.12. The van der Waals surface area contributed by atoms with Gasteiger partial charge in [-0.1, -0.05) is 0 Å². The van der Waals surface area contributed by atoms with Gasteiger partial charge in [-0.15, -0.1) is 0 Å². The molecule has 0 saturated carbocycles. The Morgan fingerprint density at radius 2 is 1.92 bits per heavy atom. The van der Waals surface area contributed by atoms with Gasteiger partial charge >= 0.3 is 0 Å². The summed E-state index contributed by atoms with van der Waals surface area (Å²) in [7, 11) is 4.04. The number of rotatable bonds is 3. The van der Waals surface area contributed by atoms with Gasteiger partial charge in [-0.2, -0.15) is 5.10 Å². The monoisotopic (exact) mass is 357 g/mol. The van der Waals surface area contributed by atoms with Gasteiger partial charge in [0.05, 0.1) is 12.2 Å². The topological polar surface area (TPSA) is 57.8 Å². The zero-order valence-electron chi connectivity index (χ0n) is 15.9. The lowest BCUT2D eigenvalue weighted by Crippen LogP contribution is -2.47. The summed E-state index contributed by atoms with van der Waals surface area (Å²) >= 11 is 0. The van der Waals surface area contributed by atoms with E-state index in [2.05, 4.69) is 21.9 Å². The molecule has 2 aromatic heterocycles. The van der Waals surface area contributed by atoms with Crippen LogP contribution in [0, 0.1) is 6.92 Å². The van der Waals surface area contributed by atoms with Crippen molar-refractivity contribution in [3.8, 4) is 0 Å². The molecular weight excluding hydrogens is 330 g/mol. The second kappa shape index (κ2) is 6.89. The number of aryl methyl sites for hydroxylation is 2. The average Bonchev–Trinajstić information content (AvgIpc) is 3.18. The van der Waals surface area contributed by atoms with Crippen molar-refractivity contribution >= 4 is 5.91 Å². The Bertz CT molecular complexity index is 801. The molecule has 140 valence electrons. The van der Waals surface area contributed by atoms with E-state index in [0.717, 1.165) is 75.0 Å². The van der Waals surface area contributed by atoms with E-state index in [1.54, 1.807) is 0 Å². The van der Waals surface area contributed by atoms with Crippen molar-refractivity contribution in [1.82, 2.24) is 24.5 Å². The molecule has 0 unspecified atom stereocenters. The fourth-order valence-corrected chi connectivity index (χ4v) is 3.88. The first-order valence-corrected chi connectivity index (χ1v) is 9.31. The summed E-state index contributed by atoms with van der Waals surface area (Å²) in [5.41, 5.74) is 2.93. The Kier molecular flexibility index (Phi) is 4.58. The molecule has 0 aromatic carbocycles. The number of piperazine rings is 1. The SMILES string of the molecule is Cc1ccc(CN2CCc3c(C(=O)N4CCN(C)CC4)nn(C)c3C2)o1. The highest BCUT2D eigenvalue weighted by molar-refractivity contribution is 5.94. The van der Waals surface area contributed by atoms with E-state index >= 15 is 0 Å². The molecule has 2 aliphatic heterocycles. The molecule has 4 heterocycles. The van der Waals surface area contributed by atoms with E-state index in [4.69, 9.17) is 4.42 Å². The van der Waals surface area contributed by atoms with Gasteiger partial charge in [-0.05, 0) is 32.5 Å². The van der Waals surface area contributed by atoms with Crippen LogP contribution in [-0.4, -0.2) is 70.2 Å². The quantitative estimate of drug-likeness (QED) is 0.828. The van der Waals surface area contributed by atoms with Gasteiger partial charge in [0, 0.05) is 51.9 Å². The first-order valence-electron chi connectivity index (χ1n) is 9.31. The number of aromatic nitrogens is 2. The zero-order chi connectivity index (χ0) is 18.3. The molecule has 1 fully saturated rings. The lowest BCUT2D eigenvalue weighted by Gasteiger charge is -2.32. The van der Waals surface area contributed by atoms with Crippen molar-refractivity contribution in [1.29, 1.82) is 0 Å². The van der Waals surface area contributed by atoms with Crippen LogP contribution < -0.4 is 0 Å². The number of likely N-dealkylation sites (N-methyl/N-ethyl adjacent to an activating group) is 1. The Morgan fingerprint density at radius 1 is 1.15 bits per heavy atom. The molecule has 0 radical (unpaired) electrons. The molecule has 0 N–H and O–H groups in total.